The van der Waals surface area contributed by atoms with E-state index in [9.17, 15) is 24.8 Å². The Labute approximate surface area is 161 Å². The molecule has 2 atom stereocenters. The second-order valence-electron chi connectivity index (χ2n) is 6.51. The number of phenolic OH excluding ortho intramolecular Hbond substituents is 1. The number of rotatable bonds is 5. The number of aromatic hydroxyl groups is 1. The van der Waals surface area contributed by atoms with E-state index in [0.717, 1.165) is 5.56 Å². The van der Waals surface area contributed by atoms with Gasteiger partial charge in [0.05, 0.1) is 11.5 Å². The van der Waals surface area contributed by atoms with Crippen molar-refractivity contribution in [2.75, 3.05) is 6.61 Å². The minimum absolute atomic E-state index is 0.103. The Bertz CT molecular complexity index is 948. The monoisotopic (exact) mass is 381 g/mol. The highest BCUT2D eigenvalue weighted by Gasteiger charge is 2.40. The quantitative estimate of drug-likeness (QED) is 0.367. The van der Waals surface area contributed by atoms with Crippen LogP contribution in [0.3, 0.4) is 0 Å². The summed E-state index contributed by atoms with van der Waals surface area (Å²) < 4.78 is 5.08. The molecule has 2 aromatic carbocycles. The number of esters is 1. The van der Waals surface area contributed by atoms with E-state index < -0.39 is 28.5 Å². The van der Waals surface area contributed by atoms with Crippen LogP contribution in [0.4, 0.5) is 5.69 Å². The van der Waals surface area contributed by atoms with Gasteiger partial charge in [-0.05, 0) is 48.3 Å². The van der Waals surface area contributed by atoms with Gasteiger partial charge in [-0.25, -0.2) is 0 Å². The van der Waals surface area contributed by atoms with Crippen molar-refractivity contribution >= 4 is 23.0 Å². The number of allylic oxidation sites excluding steroid dienone is 2. The molecule has 0 saturated carbocycles. The van der Waals surface area contributed by atoms with Crippen molar-refractivity contribution in [2.24, 2.45) is 5.92 Å². The van der Waals surface area contributed by atoms with Gasteiger partial charge in [0.15, 0.2) is 5.78 Å². The highest BCUT2D eigenvalue weighted by molar-refractivity contribution is 6.10. The van der Waals surface area contributed by atoms with Crippen LogP contribution in [-0.4, -0.2) is 28.4 Å². The fraction of sp³-hybridized carbons (Fsp3) is 0.238. The summed E-state index contributed by atoms with van der Waals surface area (Å²) in [6.45, 7) is 1.80. The summed E-state index contributed by atoms with van der Waals surface area (Å²) >= 11 is 0. The lowest BCUT2D eigenvalue weighted by Crippen LogP contribution is -2.34. The maximum absolute atomic E-state index is 12.8. The van der Waals surface area contributed by atoms with Crippen LogP contribution < -0.4 is 0 Å². The molecule has 0 fully saturated rings. The maximum atomic E-state index is 12.8. The number of benzene rings is 2. The zero-order valence-corrected chi connectivity index (χ0v) is 15.2. The molecule has 144 valence electrons. The van der Waals surface area contributed by atoms with Gasteiger partial charge in [-0.1, -0.05) is 24.3 Å². The SMILES string of the molecule is CCOC(=O)C1C(=O)C=C(c2ccc(O)cc2)CC1c1cccc([N+](=O)[O-])c1. The summed E-state index contributed by atoms with van der Waals surface area (Å²) in [5.74, 6) is -2.57. The topological polar surface area (TPSA) is 107 Å². The maximum Gasteiger partial charge on any atom is 0.317 e. The number of non-ortho nitro benzene ring substituents is 1. The number of nitrogens with zero attached hydrogens (tertiary/aromatic N) is 1. The van der Waals surface area contributed by atoms with Crippen molar-refractivity contribution in [1.82, 2.24) is 0 Å². The second-order valence-corrected chi connectivity index (χ2v) is 6.51. The standard InChI is InChI=1S/C21H19NO6/c1-2-28-21(25)20-18(14-4-3-5-16(10-14)22(26)27)11-15(12-19(20)24)13-6-8-17(23)9-7-13/h3-10,12,18,20,23H,2,11H2,1H3. The average molecular weight is 381 g/mol. The largest absolute Gasteiger partial charge is 0.508 e. The molecule has 2 aromatic rings. The van der Waals surface area contributed by atoms with E-state index in [-0.39, 0.29) is 18.0 Å². The molecule has 1 aliphatic carbocycles. The Kier molecular flexibility index (Phi) is 5.54. The van der Waals surface area contributed by atoms with Crippen molar-refractivity contribution in [3.05, 3.63) is 75.8 Å². The molecule has 0 radical (unpaired) electrons. The molecule has 1 aliphatic rings. The normalized spacial score (nSPS) is 19.0. The first-order chi connectivity index (χ1) is 13.4. The van der Waals surface area contributed by atoms with Crippen molar-refractivity contribution < 1.29 is 24.4 Å². The first kappa shape index (κ1) is 19.3. The van der Waals surface area contributed by atoms with E-state index in [2.05, 4.69) is 0 Å². The molecule has 0 saturated heterocycles. The van der Waals surface area contributed by atoms with E-state index in [1.54, 1.807) is 31.2 Å². The third-order valence-corrected chi connectivity index (χ3v) is 4.75. The van der Waals surface area contributed by atoms with Crippen molar-refractivity contribution in [3.8, 4) is 5.75 Å². The summed E-state index contributed by atoms with van der Waals surface area (Å²) in [5, 5.41) is 20.6. The number of phenols is 1. The molecule has 7 nitrogen and oxygen atoms in total. The van der Waals surface area contributed by atoms with Gasteiger partial charge in [0.2, 0.25) is 0 Å². The number of ether oxygens (including phenoxy) is 1. The molecule has 3 rings (SSSR count). The van der Waals surface area contributed by atoms with Gasteiger partial charge in [-0.15, -0.1) is 0 Å². The lowest BCUT2D eigenvalue weighted by molar-refractivity contribution is -0.384. The molecule has 0 aromatic heterocycles. The van der Waals surface area contributed by atoms with E-state index in [4.69, 9.17) is 4.74 Å². The van der Waals surface area contributed by atoms with Crippen LogP contribution in [0.15, 0.2) is 54.6 Å². The molecule has 1 N–H and O–H groups in total. The summed E-state index contributed by atoms with van der Waals surface area (Å²) in [6.07, 6.45) is 1.75. The number of hydrogen-bond acceptors (Lipinski definition) is 6. The van der Waals surface area contributed by atoms with Gasteiger partial charge in [0.1, 0.15) is 11.7 Å². The predicted octanol–water partition coefficient (Wildman–Crippen LogP) is 3.62. The third kappa shape index (κ3) is 3.93. The van der Waals surface area contributed by atoms with E-state index in [1.807, 2.05) is 0 Å². The van der Waals surface area contributed by atoms with Gasteiger partial charge in [0, 0.05) is 18.1 Å². The Morgan fingerprint density at radius 2 is 1.96 bits per heavy atom. The molecular weight excluding hydrogens is 362 g/mol. The van der Waals surface area contributed by atoms with Crippen LogP contribution in [0.2, 0.25) is 0 Å². The summed E-state index contributed by atoms with van der Waals surface area (Å²) in [4.78, 5) is 35.9. The highest BCUT2D eigenvalue weighted by Crippen LogP contribution is 2.41. The fourth-order valence-electron chi connectivity index (χ4n) is 3.44. The van der Waals surface area contributed by atoms with Crippen LogP contribution in [0.5, 0.6) is 5.75 Å². The summed E-state index contributed by atoms with van der Waals surface area (Å²) in [7, 11) is 0. The lowest BCUT2D eigenvalue weighted by atomic mass is 9.73. The summed E-state index contributed by atoms with van der Waals surface area (Å²) in [6, 6.07) is 12.4. The van der Waals surface area contributed by atoms with E-state index >= 15 is 0 Å². The Hall–Kier alpha value is -3.48. The molecular formula is C21H19NO6. The smallest absolute Gasteiger partial charge is 0.317 e. The minimum atomic E-state index is -1.05. The zero-order valence-electron chi connectivity index (χ0n) is 15.2. The van der Waals surface area contributed by atoms with Crippen molar-refractivity contribution in [1.29, 1.82) is 0 Å². The van der Waals surface area contributed by atoms with Crippen molar-refractivity contribution in [3.63, 3.8) is 0 Å². The Morgan fingerprint density at radius 1 is 1.25 bits per heavy atom. The first-order valence-electron chi connectivity index (χ1n) is 8.85. The first-order valence-corrected chi connectivity index (χ1v) is 8.85. The molecule has 7 heteroatoms. The Morgan fingerprint density at radius 3 is 2.61 bits per heavy atom. The molecule has 0 heterocycles. The van der Waals surface area contributed by atoms with Gasteiger partial charge in [-0.3, -0.25) is 19.7 Å². The zero-order chi connectivity index (χ0) is 20.3. The third-order valence-electron chi connectivity index (χ3n) is 4.75. The van der Waals surface area contributed by atoms with E-state index in [1.165, 1.54) is 30.3 Å². The average Bonchev–Trinajstić information content (AvgIpc) is 2.68. The Balaban J connectivity index is 2.05. The van der Waals surface area contributed by atoms with Crippen LogP contribution >= 0.6 is 0 Å². The van der Waals surface area contributed by atoms with Gasteiger partial charge in [0.25, 0.3) is 5.69 Å². The lowest BCUT2D eigenvalue weighted by Gasteiger charge is -2.29. The highest BCUT2D eigenvalue weighted by atomic mass is 16.6. The molecule has 0 aliphatic heterocycles. The summed E-state index contributed by atoms with van der Waals surface area (Å²) in [5.41, 5.74) is 1.87. The molecule has 2 unspecified atom stereocenters. The van der Waals surface area contributed by atoms with Gasteiger partial charge in [-0.2, -0.15) is 0 Å². The number of nitro groups is 1. The van der Waals surface area contributed by atoms with Crippen LogP contribution in [0.1, 0.15) is 30.4 Å². The van der Waals surface area contributed by atoms with Gasteiger partial charge < -0.3 is 9.84 Å². The van der Waals surface area contributed by atoms with Crippen molar-refractivity contribution in [2.45, 2.75) is 19.3 Å². The minimum Gasteiger partial charge on any atom is -0.508 e. The molecule has 28 heavy (non-hydrogen) atoms. The molecule has 0 bridgehead atoms. The number of hydrogen-bond donors (Lipinski definition) is 1. The molecule has 0 amide bonds. The van der Waals surface area contributed by atoms with E-state index in [0.29, 0.717) is 17.6 Å². The fourth-order valence-corrected chi connectivity index (χ4v) is 3.44. The number of carbonyl (C=O) groups is 2. The predicted molar refractivity (Wildman–Crippen MR) is 102 cm³/mol. The number of ketones is 1. The van der Waals surface area contributed by atoms with Crippen LogP contribution in [-0.2, 0) is 14.3 Å². The molecule has 0 spiro atoms. The van der Waals surface area contributed by atoms with Crippen LogP contribution in [0.25, 0.3) is 5.57 Å². The van der Waals surface area contributed by atoms with Gasteiger partial charge >= 0.3 is 5.97 Å². The second kappa shape index (κ2) is 8.04. The van der Waals surface area contributed by atoms with Crippen LogP contribution in [0, 0.1) is 16.0 Å². The number of nitro benzene ring substituents is 1. The number of carbonyl (C=O) groups excluding carboxylic acids is 2.